The summed E-state index contributed by atoms with van der Waals surface area (Å²) in [5.41, 5.74) is 0. The highest BCUT2D eigenvalue weighted by molar-refractivity contribution is 5.77. The number of carbonyl (C=O) groups is 1. The topological polar surface area (TPSA) is 50.4 Å². The van der Waals surface area contributed by atoms with Gasteiger partial charge in [0.05, 0.1) is 0 Å². The second kappa shape index (κ2) is 4.28. The zero-order valence-electron chi connectivity index (χ0n) is 8.58. The summed E-state index contributed by atoms with van der Waals surface area (Å²) in [5.74, 6) is 0.0128. The Morgan fingerprint density at radius 1 is 1.43 bits per heavy atom. The molecule has 0 aromatic heterocycles. The van der Waals surface area contributed by atoms with Gasteiger partial charge in [-0.15, -0.1) is 0 Å². The molecule has 80 valence electrons. The SMILES string of the molecule is COCC(=O)NC1C[C@@H]2CC[C@@H](C1)N2. The average molecular weight is 198 g/mol. The second-order valence-corrected chi connectivity index (χ2v) is 4.31. The van der Waals surface area contributed by atoms with E-state index in [1.807, 2.05) is 0 Å². The van der Waals surface area contributed by atoms with Crippen LogP contribution >= 0.6 is 0 Å². The summed E-state index contributed by atoms with van der Waals surface area (Å²) < 4.78 is 4.79. The lowest BCUT2D eigenvalue weighted by molar-refractivity contribution is -0.125. The summed E-state index contributed by atoms with van der Waals surface area (Å²) in [6, 6.07) is 1.61. The number of nitrogens with one attached hydrogen (secondary N) is 2. The first-order chi connectivity index (χ1) is 6.78. The molecule has 2 rings (SSSR count). The Morgan fingerprint density at radius 3 is 2.64 bits per heavy atom. The van der Waals surface area contributed by atoms with Crippen LogP contribution in [0.1, 0.15) is 25.7 Å². The molecule has 14 heavy (non-hydrogen) atoms. The molecule has 0 unspecified atom stereocenters. The number of carbonyl (C=O) groups excluding carboxylic acids is 1. The van der Waals surface area contributed by atoms with Gasteiger partial charge in [-0.25, -0.2) is 0 Å². The largest absolute Gasteiger partial charge is 0.375 e. The Kier molecular flexibility index (Phi) is 3.03. The lowest BCUT2D eigenvalue weighted by Gasteiger charge is -2.29. The lowest BCUT2D eigenvalue weighted by atomic mass is 10.00. The molecule has 0 saturated carbocycles. The molecular formula is C10H18N2O2. The Labute approximate surface area is 84.4 Å². The van der Waals surface area contributed by atoms with Crippen molar-refractivity contribution in [2.75, 3.05) is 13.7 Å². The molecule has 2 N–H and O–H groups in total. The van der Waals surface area contributed by atoms with Gasteiger partial charge in [0, 0.05) is 25.2 Å². The molecule has 0 spiro atoms. The number of fused-ring (bicyclic) bond motifs is 2. The first-order valence-corrected chi connectivity index (χ1v) is 5.32. The molecule has 2 atom stereocenters. The molecule has 2 aliphatic rings. The van der Waals surface area contributed by atoms with E-state index in [0.29, 0.717) is 18.1 Å². The number of piperidine rings is 1. The first kappa shape index (κ1) is 9.93. The zero-order chi connectivity index (χ0) is 9.97. The number of hydrogen-bond acceptors (Lipinski definition) is 3. The predicted octanol–water partition coefficient (Wildman–Crippen LogP) is 0.0320. The molecule has 1 amide bonds. The van der Waals surface area contributed by atoms with Gasteiger partial charge in [-0.3, -0.25) is 4.79 Å². The van der Waals surface area contributed by atoms with Crippen LogP contribution in [0.25, 0.3) is 0 Å². The molecular weight excluding hydrogens is 180 g/mol. The van der Waals surface area contributed by atoms with Crippen LogP contribution in [0.5, 0.6) is 0 Å². The number of amides is 1. The lowest BCUT2D eigenvalue weighted by Crippen LogP contribution is -2.48. The smallest absolute Gasteiger partial charge is 0.246 e. The quantitative estimate of drug-likeness (QED) is 0.673. The summed E-state index contributed by atoms with van der Waals surface area (Å²) in [6.07, 6.45) is 4.68. The van der Waals surface area contributed by atoms with Gasteiger partial charge in [-0.1, -0.05) is 0 Å². The van der Waals surface area contributed by atoms with Crippen LogP contribution in [0.4, 0.5) is 0 Å². The summed E-state index contributed by atoms with van der Waals surface area (Å²) in [5, 5.41) is 6.56. The summed E-state index contributed by atoms with van der Waals surface area (Å²) in [7, 11) is 1.55. The van der Waals surface area contributed by atoms with Crippen molar-refractivity contribution < 1.29 is 9.53 Å². The Morgan fingerprint density at radius 2 is 2.07 bits per heavy atom. The predicted molar refractivity (Wildman–Crippen MR) is 53.0 cm³/mol. The number of hydrogen-bond donors (Lipinski definition) is 2. The Balaban J connectivity index is 1.79. The minimum atomic E-state index is 0.0128. The van der Waals surface area contributed by atoms with Crippen molar-refractivity contribution in [1.29, 1.82) is 0 Å². The third-order valence-corrected chi connectivity index (χ3v) is 3.11. The van der Waals surface area contributed by atoms with Gasteiger partial charge in [0.25, 0.3) is 0 Å². The maximum absolute atomic E-state index is 11.3. The van der Waals surface area contributed by atoms with E-state index in [-0.39, 0.29) is 12.5 Å². The van der Waals surface area contributed by atoms with Crippen molar-refractivity contribution in [3.63, 3.8) is 0 Å². The first-order valence-electron chi connectivity index (χ1n) is 5.32. The Bertz CT molecular complexity index is 208. The van der Waals surface area contributed by atoms with E-state index in [1.165, 1.54) is 12.8 Å². The molecule has 2 heterocycles. The molecule has 2 fully saturated rings. The highest BCUT2D eigenvalue weighted by Crippen LogP contribution is 2.26. The number of rotatable bonds is 3. The van der Waals surface area contributed by atoms with Gasteiger partial charge < -0.3 is 15.4 Å². The van der Waals surface area contributed by atoms with E-state index in [4.69, 9.17) is 4.74 Å². The molecule has 0 aromatic carbocycles. The molecule has 0 aliphatic carbocycles. The fourth-order valence-corrected chi connectivity index (χ4v) is 2.58. The second-order valence-electron chi connectivity index (χ2n) is 4.31. The minimum Gasteiger partial charge on any atom is -0.375 e. The maximum atomic E-state index is 11.3. The van der Waals surface area contributed by atoms with Gasteiger partial charge in [0.1, 0.15) is 6.61 Å². The van der Waals surface area contributed by atoms with Crippen LogP contribution in [-0.4, -0.2) is 37.7 Å². The molecule has 4 heteroatoms. The van der Waals surface area contributed by atoms with Gasteiger partial charge >= 0.3 is 0 Å². The molecule has 0 aromatic rings. The minimum absolute atomic E-state index is 0.0128. The normalized spacial score (nSPS) is 35.6. The monoisotopic (exact) mass is 198 g/mol. The van der Waals surface area contributed by atoms with Crippen LogP contribution in [0.15, 0.2) is 0 Å². The molecule has 2 bridgehead atoms. The van der Waals surface area contributed by atoms with E-state index >= 15 is 0 Å². The van der Waals surface area contributed by atoms with Crippen molar-refractivity contribution in [3.05, 3.63) is 0 Å². The van der Waals surface area contributed by atoms with Crippen molar-refractivity contribution in [3.8, 4) is 0 Å². The van der Waals surface area contributed by atoms with Crippen molar-refractivity contribution in [2.24, 2.45) is 0 Å². The van der Waals surface area contributed by atoms with Crippen molar-refractivity contribution >= 4 is 5.91 Å². The third-order valence-electron chi connectivity index (χ3n) is 3.11. The van der Waals surface area contributed by atoms with E-state index in [2.05, 4.69) is 10.6 Å². The fraction of sp³-hybridized carbons (Fsp3) is 0.900. The van der Waals surface area contributed by atoms with E-state index in [9.17, 15) is 4.79 Å². The van der Waals surface area contributed by atoms with Crippen LogP contribution in [0, 0.1) is 0 Å². The summed E-state index contributed by atoms with van der Waals surface area (Å²) in [4.78, 5) is 11.3. The van der Waals surface area contributed by atoms with E-state index < -0.39 is 0 Å². The highest BCUT2D eigenvalue weighted by atomic mass is 16.5. The standard InChI is InChI=1S/C10H18N2O2/c1-14-6-10(13)12-9-4-7-2-3-8(5-9)11-7/h7-9,11H,2-6H2,1H3,(H,12,13)/t7-,8-/m0/s1. The van der Waals surface area contributed by atoms with E-state index in [1.54, 1.807) is 7.11 Å². The molecule has 2 aliphatic heterocycles. The van der Waals surface area contributed by atoms with Crippen LogP contribution in [0.3, 0.4) is 0 Å². The number of ether oxygens (including phenoxy) is 1. The fourth-order valence-electron chi connectivity index (χ4n) is 2.58. The number of methoxy groups -OCH3 is 1. The Hall–Kier alpha value is -0.610. The third kappa shape index (κ3) is 2.25. The highest BCUT2D eigenvalue weighted by Gasteiger charge is 2.33. The van der Waals surface area contributed by atoms with E-state index in [0.717, 1.165) is 12.8 Å². The maximum Gasteiger partial charge on any atom is 0.246 e. The van der Waals surface area contributed by atoms with Gasteiger partial charge in [0.2, 0.25) is 5.91 Å². The van der Waals surface area contributed by atoms with Gasteiger partial charge in [-0.2, -0.15) is 0 Å². The van der Waals surface area contributed by atoms with Crippen molar-refractivity contribution in [1.82, 2.24) is 10.6 Å². The summed E-state index contributed by atoms with van der Waals surface area (Å²) >= 11 is 0. The van der Waals surface area contributed by atoms with Gasteiger partial charge in [0.15, 0.2) is 0 Å². The van der Waals surface area contributed by atoms with Crippen LogP contribution in [0.2, 0.25) is 0 Å². The van der Waals surface area contributed by atoms with Crippen LogP contribution in [-0.2, 0) is 9.53 Å². The molecule has 4 nitrogen and oxygen atoms in total. The summed E-state index contributed by atoms with van der Waals surface area (Å²) in [6.45, 7) is 0.180. The van der Waals surface area contributed by atoms with Crippen LogP contribution < -0.4 is 10.6 Å². The molecule has 0 radical (unpaired) electrons. The van der Waals surface area contributed by atoms with Crippen molar-refractivity contribution in [2.45, 2.75) is 43.8 Å². The zero-order valence-corrected chi connectivity index (χ0v) is 8.58. The van der Waals surface area contributed by atoms with Gasteiger partial charge in [-0.05, 0) is 25.7 Å². The average Bonchev–Trinajstić information content (AvgIpc) is 2.46. The molecule has 2 saturated heterocycles.